The first kappa shape index (κ1) is 11.0. The number of carbonyl (C=O) groups is 1. The number of aromatic nitrogens is 1. The lowest BCUT2D eigenvalue weighted by molar-refractivity contribution is 0.235. The maximum atomic E-state index is 10.4. The third kappa shape index (κ3) is 4.61. The molecule has 0 bridgehead atoms. The maximum absolute atomic E-state index is 10.4. The zero-order valence-corrected chi connectivity index (χ0v) is 8.28. The van der Waals surface area contributed by atoms with E-state index in [2.05, 4.69) is 4.98 Å². The Morgan fingerprint density at radius 3 is 2.00 bits per heavy atom. The minimum Gasteiger partial charge on any atom is -0.351 e. The molecule has 0 saturated carbocycles. The minimum atomic E-state index is -0.442. The van der Waals surface area contributed by atoms with Gasteiger partial charge in [-0.15, -0.1) is 0 Å². The number of rotatable bonds is 0. The van der Waals surface area contributed by atoms with Crippen molar-refractivity contribution in [3.8, 4) is 0 Å². The van der Waals surface area contributed by atoms with Gasteiger partial charge in [0.2, 0.25) is 0 Å². The summed E-state index contributed by atoms with van der Waals surface area (Å²) in [6.07, 6.45) is 11.4. The van der Waals surface area contributed by atoms with Crippen molar-refractivity contribution in [2.75, 3.05) is 0 Å². The Kier molecular flexibility index (Phi) is 4.66. The molecular weight excluding hydrogens is 190 g/mol. The summed E-state index contributed by atoms with van der Waals surface area (Å²) in [6.45, 7) is 0. The van der Waals surface area contributed by atoms with Crippen LogP contribution in [0.4, 0.5) is 4.79 Å². The summed E-state index contributed by atoms with van der Waals surface area (Å²) in [6, 6.07) is 5.27. The first-order chi connectivity index (χ1) is 7.30. The van der Waals surface area contributed by atoms with E-state index >= 15 is 0 Å². The van der Waals surface area contributed by atoms with E-state index in [9.17, 15) is 4.79 Å². The number of urea groups is 1. The molecule has 4 nitrogen and oxygen atoms in total. The largest absolute Gasteiger partial charge is 0.351 e. The highest BCUT2D eigenvalue weighted by molar-refractivity contribution is 5.74. The number of nitrogens with two attached hydrogens (primary N) is 1. The van der Waals surface area contributed by atoms with Gasteiger partial charge in [0.1, 0.15) is 0 Å². The number of nitrogens with zero attached hydrogens (tertiary/aromatic N) is 2. The van der Waals surface area contributed by atoms with Gasteiger partial charge in [-0.3, -0.25) is 9.88 Å². The van der Waals surface area contributed by atoms with E-state index in [-0.39, 0.29) is 0 Å². The molecule has 0 radical (unpaired) electrons. The summed E-state index contributed by atoms with van der Waals surface area (Å²) in [5.74, 6) is 0. The van der Waals surface area contributed by atoms with Crippen LogP contribution in [0.3, 0.4) is 0 Å². The molecule has 78 valence electrons. The lowest BCUT2D eigenvalue weighted by Gasteiger charge is -2.11. The lowest BCUT2D eigenvalue weighted by atomic mass is 10.3. The molecule has 0 spiro atoms. The van der Waals surface area contributed by atoms with Gasteiger partial charge in [0, 0.05) is 24.8 Å². The van der Waals surface area contributed by atoms with Gasteiger partial charge in [-0.1, -0.05) is 18.2 Å². The van der Waals surface area contributed by atoms with Gasteiger partial charge in [-0.25, -0.2) is 4.79 Å². The van der Waals surface area contributed by atoms with E-state index < -0.39 is 6.03 Å². The second-order valence-corrected chi connectivity index (χ2v) is 2.78. The second kappa shape index (κ2) is 6.37. The number of hydrogen-bond acceptors (Lipinski definition) is 2. The molecule has 15 heavy (non-hydrogen) atoms. The van der Waals surface area contributed by atoms with E-state index in [1.807, 2.05) is 30.4 Å². The van der Waals surface area contributed by atoms with Crippen LogP contribution in [0.25, 0.3) is 0 Å². The molecule has 0 atom stereocenters. The zero-order valence-electron chi connectivity index (χ0n) is 8.28. The van der Waals surface area contributed by atoms with Crippen molar-refractivity contribution in [2.45, 2.75) is 6.42 Å². The van der Waals surface area contributed by atoms with Gasteiger partial charge >= 0.3 is 6.03 Å². The lowest BCUT2D eigenvalue weighted by Crippen LogP contribution is -2.26. The smallest absolute Gasteiger partial charge is 0.322 e. The second-order valence-electron chi connectivity index (χ2n) is 2.78. The molecule has 2 amide bonds. The van der Waals surface area contributed by atoms with Crippen molar-refractivity contribution in [3.05, 3.63) is 55.1 Å². The van der Waals surface area contributed by atoms with Crippen molar-refractivity contribution in [1.29, 1.82) is 0 Å². The Hall–Kier alpha value is -2.10. The SMILES string of the molecule is NC(=O)N1C=CCC=C1.c1ccncc1. The van der Waals surface area contributed by atoms with Crippen molar-refractivity contribution in [1.82, 2.24) is 9.88 Å². The predicted octanol–water partition coefficient (Wildman–Crippen LogP) is 1.88. The highest BCUT2D eigenvalue weighted by atomic mass is 16.2. The molecule has 4 heteroatoms. The molecule has 0 fully saturated rings. The summed E-state index contributed by atoms with van der Waals surface area (Å²) in [4.78, 5) is 15.5. The standard InChI is InChI=1S/C6H8N2O.C5H5N/c7-6(9)8-4-2-1-3-5-8;1-2-4-6-5-3-1/h2-5H,1H2,(H2,7,9);1-5H. The Balaban J connectivity index is 0.000000162. The summed E-state index contributed by atoms with van der Waals surface area (Å²) in [7, 11) is 0. The van der Waals surface area contributed by atoms with E-state index in [0.29, 0.717) is 0 Å². The highest BCUT2D eigenvalue weighted by Gasteiger charge is 2.01. The van der Waals surface area contributed by atoms with E-state index in [1.54, 1.807) is 24.8 Å². The molecule has 0 aliphatic carbocycles. The van der Waals surface area contributed by atoms with E-state index in [4.69, 9.17) is 5.73 Å². The van der Waals surface area contributed by atoms with E-state index in [0.717, 1.165) is 6.42 Å². The van der Waals surface area contributed by atoms with Crippen LogP contribution in [0.2, 0.25) is 0 Å². The number of primary amides is 1. The molecule has 0 aromatic carbocycles. The van der Waals surface area contributed by atoms with Crippen molar-refractivity contribution >= 4 is 6.03 Å². The Labute approximate surface area is 88.7 Å². The fourth-order valence-electron chi connectivity index (χ4n) is 0.937. The Morgan fingerprint density at radius 2 is 1.73 bits per heavy atom. The molecule has 2 N–H and O–H groups in total. The van der Waals surface area contributed by atoms with Crippen molar-refractivity contribution < 1.29 is 4.79 Å². The summed E-state index contributed by atoms with van der Waals surface area (Å²) < 4.78 is 0. The number of allylic oxidation sites excluding steroid dienone is 2. The highest BCUT2D eigenvalue weighted by Crippen LogP contribution is 2.00. The fourth-order valence-corrected chi connectivity index (χ4v) is 0.937. The molecule has 1 aliphatic heterocycles. The molecular formula is C11H13N3O. The predicted molar refractivity (Wildman–Crippen MR) is 58.6 cm³/mol. The monoisotopic (exact) mass is 203 g/mol. The van der Waals surface area contributed by atoms with Crippen LogP contribution in [-0.4, -0.2) is 15.9 Å². The van der Waals surface area contributed by atoms with Gasteiger partial charge in [0.05, 0.1) is 0 Å². The average Bonchev–Trinajstić information content (AvgIpc) is 2.33. The van der Waals surface area contributed by atoms with Crippen molar-refractivity contribution in [3.63, 3.8) is 0 Å². The maximum Gasteiger partial charge on any atom is 0.322 e. The number of amides is 2. The third-order valence-electron chi connectivity index (χ3n) is 1.63. The van der Waals surface area contributed by atoms with Crippen LogP contribution in [-0.2, 0) is 0 Å². The number of hydrogen-bond donors (Lipinski definition) is 1. The quantitative estimate of drug-likeness (QED) is 0.699. The fraction of sp³-hybridized carbons (Fsp3) is 0.0909. The van der Waals surface area contributed by atoms with Crippen LogP contribution < -0.4 is 5.73 Å². The molecule has 1 aromatic rings. The van der Waals surface area contributed by atoms with Crippen LogP contribution in [0.1, 0.15) is 6.42 Å². The first-order valence-corrected chi connectivity index (χ1v) is 4.57. The Bertz CT molecular complexity index is 307. The topological polar surface area (TPSA) is 59.2 Å². The van der Waals surface area contributed by atoms with Gasteiger partial charge in [-0.2, -0.15) is 0 Å². The summed E-state index contributed by atoms with van der Waals surface area (Å²) in [5.41, 5.74) is 4.95. The third-order valence-corrected chi connectivity index (χ3v) is 1.63. The normalized spacial score (nSPS) is 12.9. The van der Waals surface area contributed by atoms with Crippen molar-refractivity contribution in [2.24, 2.45) is 5.73 Å². The molecule has 2 heterocycles. The first-order valence-electron chi connectivity index (χ1n) is 4.57. The molecule has 2 rings (SSSR count). The summed E-state index contributed by atoms with van der Waals surface area (Å²) in [5, 5.41) is 0. The van der Waals surface area contributed by atoms with Crippen LogP contribution >= 0.6 is 0 Å². The van der Waals surface area contributed by atoms with E-state index in [1.165, 1.54) is 4.90 Å². The number of pyridine rings is 1. The number of carbonyl (C=O) groups excluding carboxylic acids is 1. The Morgan fingerprint density at radius 1 is 1.13 bits per heavy atom. The minimum absolute atomic E-state index is 0.442. The van der Waals surface area contributed by atoms with Gasteiger partial charge in [0.25, 0.3) is 0 Å². The van der Waals surface area contributed by atoms with Gasteiger partial charge in [-0.05, 0) is 18.6 Å². The van der Waals surface area contributed by atoms with Gasteiger partial charge < -0.3 is 5.73 Å². The summed E-state index contributed by atoms with van der Waals surface area (Å²) >= 11 is 0. The van der Waals surface area contributed by atoms with Crippen LogP contribution in [0, 0.1) is 0 Å². The molecule has 0 saturated heterocycles. The average molecular weight is 203 g/mol. The van der Waals surface area contributed by atoms with Crippen LogP contribution in [0.15, 0.2) is 55.1 Å². The van der Waals surface area contributed by atoms with Crippen LogP contribution in [0.5, 0.6) is 0 Å². The zero-order chi connectivity index (χ0) is 10.9. The molecule has 1 aliphatic rings. The molecule has 1 aromatic heterocycles. The molecule has 0 unspecified atom stereocenters. The van der Waals surface area contributed by atoms with Gasteiger partial charge in [0.15, 0.2) is 0 Å².